The van der Waals surface area contributed by atoms with Crippen LogP contribution in [0.5, 0.6) is 0 Å². The highest BCUT2D eigenvalue weighted by molar-refractivity contribution is 5.80. The van der Waals surface area contributed by atoms with Crippen molar-refractivity contribution in [1.29, 1.82) is 0 Å². The third kappa shape index (κ3) is 2.45. The first-order chi connectivity index (χ1) is 9.25. The first-order valence-corrected chi connectivity index (χ1v) is 6.95. The van der Waals surface area contributed by atoms with E-state index in [-0.39, 0.29) is 5.91 Å². The van der Waals surface area contributed by atoms with Crippen molar-refractivity contribution in [3.05, 3.63) is 29.8 Å². The van der Waals surface area contributed by atoms with E-state index in [1.807, 2.05) is 6.07 Å². The Labute approximate surface area is 113 Å². The summed E-state index contributed by atoms with van der Waals surface area (Å²) in [6.45, 7) is 2.97. The predicted octanol–water partition coefficient (Wildman–Crippen LogP) is 1.50. The summed E-state index contributed by atoms with van der Waals surface area (Å²) < 4.78 is 5.53. The van der Waals surface area contributed by atoms with Gasteiger partial charge in [0, 0.05) is 18.8 Å². The summed E-state index contributed by atoms with van der Waals surface area (Å²) in [5.41, 5.74) is 7.86. The molecular formula is C15H20N2O2. The molecule has 1 amide bonds. The smallest absolute Gasteiger partial charge is 0.236 e. The number of para-hydroxylation sites is 1. The lowest BCUT2D eigenvalue weighted by atomic mass is 9.80. The normalized spacial score (nSPS) is 26.2. The minimum Gasteiger partial charge on any atom is -0.381 e. The number of hydrogen-bond acceptors (Lipinski definition) is 3. The molecule has 3 rings (SSSR count). The van der Waals surface area contributed by atoms with Gasteiger partial charge in [-0.3, -0.25) is 4.79 Å². The van der Waals surface area contributed by atoms with Gasteiger partial charge in [0.25, 0.3) is 0 Å². The van der Waals surface area contributed by atoms with Gasteiger partial charge in [-0.15, -0.1) is 0 Å². The lowest BCUT2D eigenvalue weighted by Crippen LogP contribution is -2.39. The number of nitrogens with two attached hydrogens (primary N) is 1. The highest BCUT2D eigenvalue weighted by Gasteiger charge is 2.33. The van der Waals surface area contributed by atoms with Crippen LogP contribution in [0.3, 0.4) is 0 Å². The number of carbonyl (C=O) groups is 1. The summed E-state index contributed by atoms with van der Waals surface area (Å²) in [4.78, 5) is 13.3. The third-order valence-corrected chi connectivity index (χ3v) is 4.27. The molecule has 1 fully saturated rings. The van der Waals surface area contributed by atoms with Gasteiger partial charge >= 0.3 is 0 Å². The van der Waals surface area contributed by atoms with E-state index in [4.69, 9.17) is 10.5 Å². The topological polar surface area (TPSA) is 55.6 Å². The third-order valence-electron chi connectivity index (χ3n) is 4.27. The van der Waals surface area contributed by atoms with Gasteiger partial charge in [-0.25, -0.2) is 0 Å². The molecule has 2 aliphatic heterocycles. The minimum absolute atomic E-state index is 0.266. The largest absolute Gasteiger partial charge is 0.381 e. The molecule has 1 saturated heterocycles. The van der Waals surface area contributed by atoms with Gasteiger partial charge in [-0.2, -0.15) is 0 Å². The second kappa shape index (κ2) is 5.21. The van der Waals surface area contributed by atoms with E-state index in [0.717, 1.165) is 32.6 Å². The number of hydrogen-bond donors (Lipinski definition) is 1. The predicted molar refractivity (Wildman–Crippen MR) is 74.1 cm³/mol. The molecule has 0 bridgehead atoms. The van der Waals surface area contributed by atoms with Crippen LogP contribution in [0, 0.1) is 5.92 Å². The molecule has 2 atom stereocenters. The fraction of sp³-hybridized carbons (Fsp3) is 0.533. The summed E-state index contributed by atoms with van der Waals surface area (Å²) in [6.07, 6.45) is 2.23. The van der Waals surface area contributed by atoms with Crippen molar-refractivity contribution in [3.8, 4) is 0 Å². The zero-order valence-electron chi connectivity index (χ0n) is 11.0. The quantitative estimate of drug-likeness (QED) is 0.896. The zero-order chi connectivity index (χ0) is 13.2. The molecule has 1 aromatic rings. The molecule has 102 valence electrons. The van der Waals surface area contributed by atoms with Crippen LogP contribution in [0.25, 0.3) is 0 Å². The Morgan fingerprint density at radius 1 is 1.37 bits per heavy atom. The lowest BCUT2D eigenvalue weighted by molar-refractivity contribution is -0.116. The number of fused-ring (bicyclic) bond motifs is 1. The zero-order valence-corrected chi connectivity index (χ0v) is 11.0. The fourth-order valence-electron chi connectivity index (χ4n) is 3.37. The van der Waals surface area contributed by atoms with Crippen molar-refractivity contribution < 1.29 is 9.53 Å². The molecule has 1 aromatic carbocycles. The number of amides is 1. The van der Waals surface area contributed by atoms with Crippen LogP contribution in [-0.4, -0.2) is 32.2 Å². The molecule has 0 unspecified atom stereocenters. The summed E-state index contributed by atoms with van der Waals surface area (Å²) in [5.74, 6) is 0.914. The molecule has 0 radical (unpaired) electrons. The van der Waals surface area contributed by atoms with Gasteiger partial charge in [0.2, 0.25) is 5.91 Å². The Kier molecular flexibility index (Phi) is 3.42. The number of carbonyl (C=O) groups excluding carboxylic acids is 1. The SMILES string of the molecule is NC(=O)CN1CC[C@@H]([C@H]2CCOC2)c2ccccc21. The van der Waals surface area contributed by atoms with Crippen LogP contribution in [0.1, 0.15) is 24.3 Å². The Balaban J connectivity index is 1.88. The number of nitrogens with zero attached hydrogens (tertiary/aromatic N) is 1. The Morgan fingerprint density at radius 3 is 2.95 bits per heavy atom. The molecule has 4 heteroatoms. The van der Waals surface area contributed by atoms with Crippen molar-refractivity contribution >= 4 is 11.6 Å². The first kappa shape index (κ1) is 12.5. The van der Waals surface area contributed by atoms with Crippen molar-refractivity contribution in [3.63, 3.8) is 0 Å². The number of anilines is 1. The molecule has 19 heavy (non-hydrogen) atoms. The van der Waals surface area contributed by atoms with Crippen molar-refractivity contribution in [2.24, 2.45) is 11.7 Å². The van der Waals surface area contributed by atoms with E-state index >= 15 is 0 Å². The number of ether oxygens (including phenoxy) is 1. The average molecular weight is 260 g/mol. The Hall–Kier alpha value is -1.55. The van der Waals surface area contributed by atoms with Crippen molar-refractivity contribution in [1.82, 2.24) is 0 Å². The van der Waals surface area contributed by atoms with E-state index in [1.54, 1.807) is 0 Å². The number of benzene rings is 1. The molecule has 0 saturated carbocycles. The van der Waals surface area contributed by atoms with Gasteiger partial charge < -0.3 is 15.4 Å². The summed E-state index contributed by atoms with van der Waals surface area (Å²) in [6, 6.07) is 8.39. The lowest BCUT2D eigenvalue weighted by Gasteiger charge is -2.37. The standard InChI is InChI=1S/C15H20N2O2/c16-15(18)9-17-7-5-12(11-6-8-19-10-11)13-3-1-2-4-14(13)17/h1-4,11-12H,5-10H2,(H2,16,18)/t11-,12-/m0/s1. The summed E-state index contributed by atoms with van der Waals surface area (Å²) in [5, 5.41) is 0. The minimum atomic E-state index is -0.266. The monoisotopic (exact) mass is 260 g/mol. The average Bonchev–Trinajstić information content (AvgIpc) is 2.92. The molecule has 0 spiro atoms. The highest BCUT2D eigenvalue weighted by Crippen LogP contribution is 2.41. The maximum atomic E-state index is 11.2. The van der Waals surface area contributed by atoms with Crippen LogP contribution in [0.4, 0.5) is 5.69 Å². The first-order valence-electron chi connectivity index (χ1n) is 6.95. The van der Waals surface area contributed by atoms with E-state index in [2.05, 4.69) is 23.1 Å². The van der Waals surface area contributed by atoms with Crippen LogP contribution in [0.2, 0.25) is 0 Å². The van der Waals surface area contributed by atoms with Gasteiger partial charge in [0.05, 0.1) is 13.2 Å². The molecular weight excluding hydrogens is 240 g/mol. The molecule has 2 N–H and O–H groups in total. The van der Waals surface area contributed by atoms with E-state index < -0.39 is 0 Å². The fourth-order valence-corrected chi connectivity index (χ4v) is 3.37. The second-order valence-electron chi connectivity index (χ2n) is 5.47. The van der Waals surface area contributed by atoms with Crippen molar-refractivity contribution in [2.45, 2.75) is 18.8 Å². The van der Waals surface area contributed by atoms with Gasteiger partial charge in [0.15, 0.2) is 0 Å². The number of primary amides is 1. The van der Waals surface area contributed by atoms with Gasteiger partial charge in [0.1, 0.15) is 0 Å². The van der Waals surface area contributed by atoms with Crippen LogP contribution in [0.15, 0.2) is 24.3 Å². The van der Waals surface area contributed by atoms with Crippen LogP contribution >= 0.6 is 0 Å². The van der Waals surface area contributed by atoms with E-state index in [1.165, 1.54) is 11.3 Å². The molecule has 2 aliphatic rings. The summed E-state index contributed by atoms with van der Waals surface area (Å²) in [7, 11) is 0. The van der Waals surface area contributed by atoms with E-state index in [0.29, 0.717) is 18.4 Å². The Bertz CT molecular complexity index is 469. The highest BCUT2D eigenvalue weighted by atomic mass is 16.5. The van der Waals surface area contributed by atoms with Crippen LogP contribution < -0.4 is 10.6 Å². The van der Waals surface area contributed by atoms with Gasteiger partial charge in [-0.05, 0) is 36.3 Å². The maximum absolute atomic E-state index is 11.2. The molecule has 2 heterocycles. The molecule has 0 aromatic heterocycles. The van der Waals surface area contributed by atoms with Crippen molar-refractivity contribution in [2.75, 3.05) is 31.2 Å². The Morgan fingerprint density at radius 2 is 2.21 bits per heavy atom. The molecule has 4 nitrogen and oxygen atoms in total. The maximum Gasteiger partial charge on any atom is 0.236 e. The van der Waals surface area contributed by atoms with E-state index in [9.17, 15) is 4.79 Å². The summed E-state index contributed by atoms with van der Waals surface area (Å²) >= 11 is 0. The molecule has 0 aliphatic carbocycles. The second-order valence-corrected chi connectivity index (χ2v) is 5.47. The van der Waals surface area contributed by atoms with Gasteiger partial charge in [-0.1, -0.05) is 18.2 Å². The number of rotatable bonds is 3. The van der Waals surface area contributed by atoms with Crippen LogP contribution in [-0.2, 0) is 9.53 Å².